The summed E-state index contributed by atoms with van der Waals surface area (Å²) in [6.45, 7) is 0. The minimum atomic E-state index is -0.930. The summed E-state index contributed by atoms with van der Waals surface area (Å²) in [5, 5.41) is 27.7. The van der Waals surface area contributed by atoms with Crippen molar-refractivity contribution in [3.63, 3.8) is 0 Å². The summed E-state index contributed by atoms with van der Waals surface area (Å²) in [6.07, 6.45) is 0. The molecule has 0 radical (unpaired) electrons. The van der Waals surface area contributed by atoms with E-state index in [0.29, 0.717) is 0 Å². The second kappa shape index (κ2) is 4.09. The molecule has 1 rings (SSSR count). The van der Waals surface area contributed by atoms with Crippen molar-refractivity contribution in [1.29, 1.82) is 0 Å². The van der Waals surface area contributed by atoms with Crippen LogP contribution in [-0.2, 0) is 0 Å². The van der Waals surface area contributed by atoms with Crippen LogP contribution >= 0.6 is 0 Å². The molecule has 0 atom stereocenters. The van der Waals surface area contributed by atoms with Gasteiger partial charge < -0.3 is 5.11 Å². The van der Waals surface area contributed by atoms with Gasteiger partial charge in [0.15, 0.2) is 15.8 Å². The highest BCUT2D eigenvalue weighted by molar-refractivity contribution is 5.73. The Morgan fingerprint density at radius 3 is 2.27 bits per heavy atom. The Bertz CT molecular complexity index is 407. The Hall–Kier alpha value is -2.58. The van der Waals surface area contributed by atoms with E-state index in [1.54, 1.807) is 10.9 Å². The van der Waals surface area contributed by atoms with E-state index >= 15 is 0 Å². The van der Waals surface area contributed by atoms with Crippen molar-refractivity contribution in [3.8, 4) is 5.75 Å². The van der Waals surface area contributed by atoms with Crippen molar-refractivity contribution in [2.75, 3.05) is 10.9 Å². The minimum Gasteiger partial charge on any atom is -0.505 e. The number of benzene rings is 1. The first-order valence-electron chi connectivity index (χ1n) is 3.65. The zero-order chi connectivity index (χ0) is 11.4. The zero-order valence-corrected chi connectivity index (χ0v) is 7.21. The van der Waals surface area contributed by atoms with Crippen LogP contribution in [0.1, 0.15) is 0 Å². The number of hydrazine groups is 2. The molecule has 0 unspecified atom stereocenters. The fraction of sp³-hybridized carbons (Fsp3) is 0. The standard InChI is InChI=1S/C6H6N4O5/c11-5-3-1-2-4(7-9(12)13)6(5)8-10(14)15/h1-3,7-8,11H. The molecule has 80 valence electrons. The fourth-order valence-electron chi connectivity index (χ4n) is 0.940. The Balaban J connectivity index is 3.08. The third-order valence-corrected chi connectivity index (χ3v) is 1.46. The third-order valence-electron chi connectivity index (χ3n) is 1.46. The molecular weight excluding hydrogens is 208 g/mol. The number of hydrogen-bond donors (Lipinski definition) is 3. The Kier molecular flexibility index (Phi) is 2.86. The quantitative estimate of drug-likeness (QED) is 0.380. The maximum absolute atomic E-state index is 10.1. The molecule has 9 nitrogen and oxygen atoms in total. The number of phenolic OH excluding ortho intramolecular Hbond substituents is 1. The van der Waals surface area contributed by atoms with Gasteiger partial charge in [-0.2, -0.15) is 0 Å². The molecule has 0 amide bonds. The monoisotopic (exact) mass is 214 g/mol. The summed E-state index contributed by atoms with van der Waals surface area (Å²) in [7, 11) is 0. The van der Waals surface area contributed by atoms with Gasteiger partial charge in [0.05, 0.1) is 0 Å². The zero-order valence-electron chi connectivity index (χ0n) is 7.21. The highest BCUT2D eigenvalue weighted by Gasteiger charge is 2.15. The van der Waals surface area contributed by atoms with E-state index < -0.39 is 15.8 Å². The molecule has 1 aromatic carbocycles. The number of nitrogens with zero attached hydrogens (tertiary/aromatic N) is 2. The number of nitro groups is 2. The van der Waals surface area contributed by atoms with Crippen LogP contribution in [0.5, 0.6) is 5.75 Å². The topological polar surface area (TPSA) is 131 Å². The highest BCUT2D eigenvalue weighted by atomic mass is 16.7. The second-order valence-electron chi connectivity index (χ2n) is 2.44. The molecule has 0 aliphatic carbocycles. The lowest BCUT2D eigenvalue weighted by atomic mass is 10.2. The maximum Gasteiger partial charge on any atom is 0.172 e. The van der Waals surface area contributed by atoms with E-state index in [1.807, 2.05) is 0 Å². The average Bonchev–Trinajstić information content (AvgIpc) is 2.09. The van der Waals surface area contributed by atoms with Crippen molar-refractivity contribution in [2.45, 2.75) is 0 Å². The normalized spacial score (nSPS) is 9.33. The number of anilines is 2. The van der Waals surface area contributed by atoms with Gasteiger partial charge in [0.25, 0.3) is 0 Å². The average molecular weight is 214 g/mol. The Morgan fingerprint density at radius 2 is 1.73 bits per heavy atom. The predicted molar refractivity (Wildman–Crippen MR) is 49.3 cm³/mol. The number of rotatable bonds is 4. The number of phenols is 1. The number of hydrogen-bond acceptors (Lipinski definition) is 5. The van der Waals surface area contributed by atoms with E-state index in [2.05, 4.69) is 0 Å². The van der Waals surface area contributed by atoms with E-state index in [1.165, 1.54) is 12.1 Å². The van der Waals surface area contributed by atoms with Gasteiger partial charge in [0.1, 0.15) is 11.4 Å². The summed E-state index contributed by atoms with van der Waals surface area (Å²) >= 11 is 0. The van der Waals surface area contributed by atoms with Crippen molar-refractivity contribution >= 4 is 11.4 Å². The molecule has 1 aromatic rings. The lowest BCUT2D eigenvalue weighted by Crippen LogP contribution is -2.14. The molecule has 15 heavy (non-hydrogen) atoms. The maximum atomic E-state index is 10.1. The summed E-state index contributed by atoms with van der Waals surface area (Å²) in [5.41, 5.74) is 2.81. The van der Waals surface area contributed by atoms with Crippen LogP contribution in [0.15, 0.2) is 18.2 Å². The molecule has 0 saturated carbocycles. The first kappa shape index (κ1) is 10.5. The van der Waals surface area contributed by atoms with E-state index in [9.17, 15) is 25.3 Å². The predicted octanol–water partition coefficient (Wildman–Crippen LogP) is 0.599. The first-order valence-corrected chi connectivity index (χ1v) is 3.65. The number of para-hydroxylation sites is 1. The summed E-state index contributed by atoms with van der Waals surface area (Å²) in [4.78, 5) is 20.3. The Labute approximate surface area is 82.6 Å². The first-order chi connectivity index (χ1) is 7.00. The second-order valence-corrected chi connectivity index (χ2v) is 2.44. The molecule has 0 spiro atoms. The minimum absolute atomic E-state index is 0.197. The summed E-state index contributed by atoms with van der Waals surface area (Å²) < 4.78 is 0. The van der Waals surface area contributed by atoms with Gasteiger partial charge in [-0.15, -0.1) is 10.9 Å². The molecule has 0 aromatic heterocycles. The van der Waals surface area contributed by atoms with Crippen LogP contribution in [0.25, 0.3) is 0 Å². The molecule has 0 saturated heterocycles. The smallest absolute Gasteiger partial charge is 0.172 e. The van der Waals surface area contributed by atoms with Gasteiger partial charge in [0.2, 0.25) is 0 Å². The number of aromatic hydroxyl groups is 1. The van der Waals surface area contributed by atoms with Gasteiger partial charge in [-0.1, -0.05) is 6.07 Å². The number of nitrogens with one attached hydrogen (secondary N) is 2. The van der Waals surface area contributed by atoms with Crippen LogP contribution in [0.4, 0.5) is 11.4 Å². The lowest BCUT2D eigenvalue weighted by Gasteiger charge is -2.05. The molecular formula is C6H6N4O5. The van der Waals surface area contributed by atoms with Crippen LogP contribution in [0.2, 0.25) is 0 Å². The van der Waals surface area contributed by atoms with Crippen LogP contribution < -0.4 is 10.9 Å². The van der Waals surface area contributed by atoms with Crippen molar-refractivity contribution in [2.24, 2.45) is 0 Å². The van der Waals surface area contributed by atoms with Gasteiger partial charge in [-0.3, -0.25) is 0 Å². The van der Waals surface area contributed by atoms with Crippen molar-refractivity contribution < 1.29 is 15.2 Å². The highest BCUT2D eigenvalue weighted by Crippen LogP contribution is 2.31. The molecule has 0 aliphatic heterocycles. The lowest BCUT2D eigenvalue weighted by molar-refractivity contribution is -0.448. The van der Waals surface area contributed by atoms with E-state index in [-0.39, 0.29) is 11.4 Å². The molecule has 0 aliphatic rings. The van der Waals surface area contributed by atoms with Crippen LogP contribution in [0, 0.1) is 20.2 Å². The molecule has 9 heteroatoms. The molecule has 3 N–H and O–H groups in total. The van der Waals surface area contributed by atoms with Crippen molar-refractivity contribution in [1.82, 2.24) is 0 Å². The van der Waals surface area contributed by atoms with Crippen LogP contribution in [-0.4, -0.2) is 15.2 Å². The SMILES string of the molecule is O=[N+]([O-])Nc1cccc(O)c1N[N+](=O)[O-]. The van der Waals surface area contributed by atoms with E-state index in [0.717, 1.165) is 6.07 Å². The van der Waals surface area contributed by atoms with Gasteiger partial charge in [-0.05, 0) is 12.1 Å². The third kappa shape index (κ3) is 2.69. The van der Waals surface area contributed by atoms with Gasteiger partial charge in [-0.25, -0.2) is 20.2 Å². The van der Waals surface area contributed by atoms with Crippen LogP contribution in [0.3, 0.4) is 0 Å². The largest absolute Gasteiger partial charge is 0.505 e. The van der Waals surface area contributed by atoms with E-state index in [4.69, 9.17) is 0 Å². The Morgan fingerprint density at radius 1 is 1.13 bits per heavy atom. The summed E-state index contributed by atoms with van der Waals surface area (Å²) in [5.74, 6) is -0.460. The fourth-order valence-corrected chi connectivity index (χ4v) is 0.940. The summed E-state index contributed by atoms with van der Waals surface area (Å²) in [6, 6.07) is 3.69. The molecule has 0 fully saturated rings. The van der Waals surface area contributed by atoms with Crippen molar-refractivity contribution in [3.05, 3.63) is 38.4 Å². The van der Waals surface area contributed by atoms with Gasteiger partial charge in [0, 0.05) is 0 Å². The molecule has 0 bridgehead atoms. The van der Waals surface area contributed by atoms with Gasteiger partial charge >= 0.3 is 0 Å². The molecule has 0 heterocycles.